The van der Waals surface area contributed by atoms with Gasteiger partial charge < -0.3 is 15.0 Å². The van der Waals surface area contributed by atoms with E-state index in [4.69, 9.17) is 4.74 Å². The van der Waals surface area contributed by atoms with Gasteiger partial charge in [0.2, 0.25) is 5.91 Å². The zero-order valence-corrected chi connectivity index (χ0v) is 15.9. The van der Waals surface area contributed by atoms with Gasteiger partial charge in [-0.25, -0.2) is 4.79 Å². The number of imide groups is 1. The molecule has 2 aliphatic rings. The maximum absolute atomic E-state index is 12.4. The van der Waals surface area contributed by atoms with E-state index in [0.29, 0.717) is 18.4 Å². The van der Waals surface area contributed by atoms with Crippen LogP contribution in [0.5, 0.6) is 0 Å². The Kier molecular flexibility index (Phi) is 6.61. The Hall–Kier alpha value is -2.12. The minimum Gasteiger partial charge on any atom is -0.452 e. The molecule has 1 saturated carbocycles. The van der Waals surface area contributed by atoms with Crippen LogP contribution in [0.1, 0.15) is 46.5 Å². The summed E-state index contributed by atoms with van der Waals surface area (Å²) in [5, 5.41) is 4.31. The maximum Gasteiger partial charge on any atom is 0.321 e. The van der Waals surface area contributed by atoms with Crippen molar-refractivity contribution in [2.24, 2.45) is 17.8 Å². The van der Waals surface area contributed by atoms with E-state index in [0.717, 1.165) is 12.8 Å². The van der Waals surface area contributed by atoms with Crippen molar-refractivity contribution < 1.29 is 23.9 Å². The lowest BCUT2D eigenvalue weighted by atomic mass is 9.77. The predicted molar refractivity (Wildman–Crippen MR) is 93.9 cm³/mol. The quantitative estimate of drug-likeness (QED) is 0.723. The number of esters is 1. The molecule has 1 aliphatic carbocycles. The van der Waals surface area contributed by atoms with Crippen LogP contribution in [-0.2, 0) is 19.1 Å². The van der Waals surface area contributed by atoms with Crippen molar-refractivity contribution in [1.29, 1.82) is 0 Å². The number of hydrogen-bond acceptors (Lipinski definition) is 5. The fraction of sp³-hybridized carbons (Fsp3) is 0.778. The molecule has 0 aromatic carbocycles. The molecule has 1 saturated heterocycles. The Bertz CT molecular complexity index is 579. The predicted octanol–water partition coefficient (Wildman–Crippen LogP) is 1.05. The van der Waals surface area contributed by atoms with Crippen LogP contribution in [0.15, 0.2) is 0 Å². The van der Waals surface area contributed by atoms with Gasteiger partial charge in [-0.3, -0.25) is 19.7 Å². The standard InChI is InChI=1S/C18H29N3O5/c1-10-6-5-7-14(11(10)2)21-9-13(8-15(21)22)17(24)26-12(3)16(23)20-18(25)19-4/h10-14H,5-9H2,1-4H3,(H2,19,20,23,25)/t10-,11-,12+,13-,14+/m1/s1. The van der Waals surface area contributed by atoms with Gasteiger partial charge in [0, 0.05) is 26.1 Å². The van der Waals surface area contributed by atoms with Crippen LogP contribution in [-0.4, -0.2) is 54.5 Å². The van der Waals surface area contributed by atoms with E-state index in [1.807, 2.05) is 4.90 Å². The summed E-state index contributed by atoms with van der Waals surface area (Å²) < 4.78 is 5.16. The van der Waals surface area contributed by atoms with Crippen LogP contribution in [0, 0.1) is 17.8 Å². The molecule has 4 amide bonds. The van der Waals surface area contributed by atoms with E-state index in [9.17, 15) is 19.2 Å². The van der Waals surface area contributed by atoms with Crippen LogP contribution in [0.3, 0.4) is 0 Å². The van der Waals surface area contributed by atoms with Crippen LogP contribution >= 0.6 is 0 Å². The van der Waals surface area contributed by atoms with Crippen LogP contribution in [0.2, 0.25) is 0 Å². The molecule has 2 rings (SSSR count). The van der Waals surface area contributed by atoms with E-state index in [-0.39, 0.29) is 18.4 Å². The summed E-state index contributed by atoms with van der Waals surface area (Å²) in [5.74, 6) is -0.909. The topological polar surface area (TPSA) is 105 Å². The summed E-state index contributed by atoms with van der Waals surface area (Å²) in [7, 11) is 1.38. The highest BCUT2D eigenvalue weighted by atomic mass is 16.5. The number of urea groups is 1. The van der Waals surface area contributed by atoms with Gasteiger partial charge >= 0.3 is 12.0 Å². The first-order valence-corrected chi connectivity index (χ1v) is 9.27. The fourth-order valence-electron chi connectivity index (χ4n) is 3.80. The van der Waals surface area contributed by atoms with Crippen molar-refractivity contribution in [2.45, 2.75) is 58.6 Å². The number of ether oxygens (including phenoxy) is 1. The van der Waals surface area contributed by atoms with Crippen molar-refractivity contribution in [1.82, 2.24) is 15.5 Å². The summed E-state index contributed by atoms with van der Waals surface area (Å²) in [6.45, 7) is 6.10. The second-order valence-corrected chi connectivity index (χ2v) is 7.43. The zero-order valence-electron chi connectivity index (χ0n) is 15.9. The van der Waals surface area contributed by atoms with Crippen molar-refractivity contribution in [3.63, 3.8) is 0 Å². The maximum atomic E-state index is 12.4. The Morgan fingerprint density at radius 2 is 1.92 bits per heavy atom. The van der Waals surface area contributed by atoms with Gasteiger partial charge in [-0.15, -0.1) is 0 Å². The van der Waals surface area contributed by atoms with Gasteiger partial charge in [0.1, 0.15) is 0 Å². The molecule has 5 atom stereocenters. The highest BCUT2D eigenvalue weighted by Gasteiger charge is 2.42. The third-order valence-corrected chi connectivity index (χ3v) is 5.68. The average Bonchev–Trinajstić information content (AvgIpc) is 2.98. The van der Waals surface area contributed by atoms with Crippen LogP contribution in [0.4, 0.5) is 4.79 Å². The zero-order chi connectivity index (χ0) is 19.4. The lowest BCUT2D eigenvalue weighted by molar-refractivity contribution is -0.158. The Morgan fingerprint density at radius 1 is 1.23 bits per heavy atom. The number of carbonyl (C=O) groups is 4. The number of rotatable bonds is 4. The van der Waals surface area contributed by atoms with Gasteiger partial charge in [-0.2, -0.15) is 0 Å². The summed E-state index contributed by atoms with van der Waals surface area (Å²) in [6.07, 6.45) is 2.23. The van der Waals surface area contributed by atoms with E-state index >= 15 is 0 Å². The summed E-state index contributed by atoms with van der Waals surface area (Å²) >= 11 is 0. The number of nitrogens with zero attached hydrogens (tertiary/aromatic N) is 1. The first-order chi connectivity index (χ1) is 12.2. The van der Waals surface area contributed by atoms with Crippen LogP contribution < -0.4 is 10.6 Å². The molecule has 0 aromatic heterocycles. The number of hydrogen-bond donors (Lipinski definition) is 2. The molecule has 1 heterocycles. The van der Waals surface area contributed by atoms with Crippen molar-refractivity contribution in [3.8, 4) is 0 Å². The number of carbonyl (C=O) groups excluding carboxylic acids is 4. The summed E-state index contributed by atoms with van der Waals surface area (Å²) in [6, 6.07) is -0.501. The van der Waals surface area contributed by atoms with Crippen molar-refractivity contribution in [3.05, 3.63) is 0 Å². The third-order valence-electron chi connectivity index (χ3n) is 5.68. The first-order valence-electron chi connectivity index (χ1n) is 9.27. The molecule has 8 heteroatoms. The van der Waals surface area contributed by atoms with E-state index in [1.165, 1.54) is 20.4 Å². The molecular weight excluding hydrogens is 338 g/mol. The first kappa shape index (κ1) is 20.2. The number of amides is 4. The molecule has 0 radical (unpaired) electrons. The molecule has 2 fully saturated rings. The average molecular weight is 367 g/mol. The number of nitrogens with one attached hydrogen (secondary N) is 2. The van der Waals surface area contributed by atoms with Crippen LogP contribution in [0.25, 0.3) is 0 Å². The minimum absolute atomic E-state index is 0.0274. The van der Waals surface area contributed by atoms with Gasteiger partial charge in [0.15, 0.2) is 6.10 Å². The third kappa shape index (κ3) is 4.53. The molecule has 2 N–H and O–H groups in total. The molecule has 8 nitrogen and oxygen atoms in total. The molecular formula is C18H29N3O5. The lowest BCUT2D eigenvalue weighted by Crippen LogP contribution is -2.45. The van der Waals surface area contributed by atoms with E-state index in [2.05, 4.69) is 24.5 Å². The molecule has 26 heavy (non-hydrogen) atoms. The highest BCUT2D eigenvalue weighted by Crippen LogP contribution is 2.35. The Morgan fingerprint density at radius 3 is 2.58 bits per heavy atom. The van der Waals surface area contributed by atoms with Crippen molar-refractivity contribution in [2.75, 3.05) is 13.6 Å². The van der Waals surface area contributed by atoms with E-state index in [1.54, 1.807) is 0 Å². The molecule has 0 aromatic rings. The lowest BCUT2D eigenvalue weighted by Gasteiger charge is -2.39. The summed E-state index contributed by atoms with van der Waals surface area (Å²) in [4.78, 5) is 49.5. The molecule has 0 unspecified atom stereocenters. The SMILES string of the molecule is CNC(=O)NC(=O)[C@H](C)OC(=O)[C@@H]1CC(=O)N([C@H]2CCC[C@@H](C)[C@H]2C)C1. The fourth-order valence-corrected chi connectivity index (χ4v) is 3.80. The van der Waals surface area contributed by atoms with E-state index < -0.39 is 29.9 Å². The number of likely N-dealkylation sites (tertiary alicyclic amines) is 1. The van der Waals surface area contributed by atoms with Crippen molar-refractivity contribution >= 4 is 23.8 Å². The molecule has 0 spiro atoms. The molecule has 146 valence electrons. The largest absolute Gasteiger partial charge is 0.452 e. The van der Waals surface area contributed by atoms with Gasteiger partial charge in [0.25, 0.3) is 5.91 Å². The van der Waals surface area contributed by atoms with Gasteiger partial charge in [-0.05, 0) is 25.2 Å². The van der Waals surface area contributed by atoms with Gasteiger partial charge in [-0.1, -0.05) is 26.7 Å². The van der Waals surface area contributed by atoms with Gasteiger partial charge in [0.05, 0.1) is 5.92 Å². The second-order valence-electron chi connectivity index (χ2n) is 7.43. The normalized spacial score (nSPS) is 29.8. The minimum atomic E-state index is -1.10. The molecule has 1 aliphatic heterocycles. The Balaban J connectivity index is 1.92. The summed E-state index contributed by atoms with van der Waals surface area (Å²) in [5.41, 5.74) is 0. The smallest absolute Gasteiger partial charge is 0.321 e. The Labute approximate surface area is 154 Å². The second kappa shape index (κ2) is 8.51. The monoisotopic (exact) mass is 367 g/mol. The molecule has 0 bridgehead atoms. The highest BCUT2D eigenvalue weighted by molar-refractivity contribution is 5.97.